The molecule has 27 heavy (non-hydrogen) atoms. The molecule has 140 valence electrons. The normalized spacial score (nSPS) is 11.3. The van der Waals surface area contributed by atoms with Crippen molar-refractivity contribution in [1.82, 2.24) is 10.3 Å². The van der Waals surface area contributed by atoms with Gasteiger partial charge in [-0.2, -0.15) is 0 Å². The average molecular weight is 422 g/mol. The van der Waals surface area contributed by atoms with Crippen molar-refractivity contribution in [1.29, 1.82) is 0 Å². The van der Waals surface area contributed by atoms with E-state index >= 15 is 0 Å². The summed E-state index contributed by atoms with van der Waals surface area (Å²) < 4.78 is 22.5. The average Bonchev–Trinajstić information content (AvgIpc) is 3.08. The standard InChI is InChI=1S/C18H16ClN3O3S2/c19-16-4-2-1-3-15(16)18-22-13(11-26-18)9-17(23)21-10-12-5-7-14(8-6-12)27(20,24)25/h1-8,11H,9-10H2,(H,21,23)(H2,20,24,25). The van der Waals surface area contributed by atoms with Crippen molar-refractivity contribution >= 4 is 38.9 Å². The monoisotopic (exact) mass is 421 g/mol. The molecule has 1 heterocycles. The van der Waals surface area contributed by atoms with Crippen LogP contribution in [0.5, 0.6) is 0 Å². The quantitative estimate of drug-likeness (QED) is 0.638. The van der Waals surface area contributed by atoms with Crippen molar-refractivity contribution in [3.8, 4) is 10.6 Å². The van der Waals surface area contributed by atoms with E-state index in [2.05, 4.69) is 10.3 Å². The highest BCUT2D eigenvalue weighted by Crippen LogP contribution is 2.30. The molecule has 1 amide bonds. The van der Waals surface area contributed by atoms with Gasteiger partial charge in [-0.05, 0) is 23.8 Å². The molecule has 6 nitrogen and oxygen atoms in total. The number of benzene rings is 2. The second kappa shape index (κ2) is 8.18. The minimum absolute atomic E-state index is 0.0344. The number of carbonyl (C=O) groups excluding carboxylic acids is 1. The first kappa shape index (κ1) is 19.5. The fraction of sp³-hybridized carbons (Fsp3) is 0.111. The predicted molar refractivity (Wildman–Crippen MR) is 106 cm³/mol. The molecule has 0 aliphatic rings. The summed E-state index contributed by atoms with van der Waals surface area (Å²) >= 11 is 7.61. The van der Waals surface area contributed by atoms with Crippen LogP contribution in [-0.4, -0.2) is 19.3 Å². The van der Waals surface area contributed by atoms with Crippen LogP contribution in [0.15, 0.2) is 58.8 Å². The lowest BCUT2D eigenvalue weighted by atomic mass is 10.2. The van der Waals surface area contributed by atoms with Gasteiger partial charge in [0.25, 0.3) is 0 Å². The van der Waals surface area contributed by atoms with Gasteiger partial charge < -0.3 is 5.32 Å². The maximum absolute atomic E-state index is 12.1. The third kappa shape index (κ3) is 5.14. The Bertz CT molecular complexity index is 1060. The summed E-state index contributed by atoms with van der Waals surface area (Å²) in [7, 11) is -3.72. The fourth-order valence-electron chi connectivity index (χ4n) is 2.37. The second-order valence-corrected chi connectivity index (χ2v) is 8.59. The lowest BCUT2D eigenvalue weighted by Gasteiger charge is -2.05. The molecule has 0 saturated heterocycles. The summed E-state index contributed by atoms with van der Waals surface area (Å²) in [5.74, 6) is -0.179. The highest BCUT2D eigenvalue weighted by atomic mass is 35.5. The van der Waals surface area contributed by atoms with Crippen LogP contribution in [0.3, 0.4) is 0 Å². The Morgan fingerprint density at radius 1 is 1.15 bits per heavy atom. The zero-order valence-corrected chi connectivity index (χ0v) is 16.4. The van der Waals surface area contributed by atoms with E-state index in [-0.39, 0.29) is 23.8 Å². The van der Waals surface area contributed by atoms with Crippen LogP contribution in [-0.2, 0) is 27.8 Å². The first-order valence-electron chi connectivity index (χ1n) is 7.90. The number of primary sulfonamides is 1. The van der Waals surface area contributed by atoms with E-state index in [0.717, 1.165) is 16.1 Å². The first-order chi connectivity index (χ1) is 12.8. The van der Waals surface area contributed by atoms with Crippen molar-refractivity contribution in [2.75, 3.05) is 0 Å². The zero-order chi connectivity index (χ0) is 19.4. The number of nitrogens with two attached hydrogens (primary N) is 1. The number of nitrogens with one attached hydrogen (secondary N) is 1. The Hall–Kier alpha value is -2.26. The summed E-state index contributed by atoms with van der Waals surface area (Å²) in [4.78, 5) is 16.6. The Labute approximate surface area is 166 Å². The van der Waals surface area contributed by atoms with Gasteiger partial charge in [0, 0.05) is 17.5 Å². The van der Waals surface area contributed by atoms with Gasteiger partial charge in [-0.3, -0.25) is 4.79 Å². The predicted octanol–water partition coefficient (Wildman–Crippen LogP) is 2.97. The van der Waals surface area contributed by atoms with Gasteiger partial charge in [-0.1, -0.05) is 41.9 Å². The van der Waals surface area contributed by atoms with Crippen molar-refractivity contribution in [3.63, 3.8) is 0 Å². The lowest BCUT2D eigenvalue weighted by molar-refractivity contribution is -0.120. The summed E-state index contributed by atoms with van der Waals surface area (Å²) in [5.41, 5.74) is 2.27. The Balaban J connectivity index is 1.58. The van der Waals surface area contributed by atoms with Crippen LogP contribution in [0, 0.1) is 0 Å². The van der Waals surface area contributed by atoms with Gasteiger partial charge in [-0.15, -0.1) is 11.3 Å². The molecule has 0 aliphatic carbocycles. The number of nitrogens with zero attached hydrogens (tertiary/aromatic N) is 1. The molecular formula is C18H16ClN3O3S2. The molecule has 9 heteroatoms. The van der Waals surface area contributed by atoms with E-state index < -0.39 is 10.0 Å². The topological polar surface area (TPSA) is 102 Å². The third-order valence-electron chi connectivity index (χ3n) is 3.74. The number of halogens is 1. The zero-order valence-electron chi connectivity index (χ0n) is 14.1. The van der Waals surface area contributed by atoms with Crippen molar-refractivity contribution in [2.45, 2.75) is 17.9 Å². The molecule has 2 aromatic carbocycles. The molecule has 0 radical (unpaired) electrons. The van der Waals surface area contributed by atoms with Crippen LogP contribution in [0.4, 0.5) is 0 Å². The molecule has 0 spiro atoms. The third-order valence-corrected chi connectivity index (χ3v) is 5.92. The Kier molecular flexibility index (Phi) is 5.91. The van der Waals surface area contributed by atoms with E-state index in [4.69, 9.17) is 16.7 Å². The van der Waals surface area contributed by atoms with Crippen LogP contribution in [0.1, 0.15) is 11.3 Å². The van der Waals surface area contributed by atoms with E-state index in [1.165, 1.54) is 23.5 Å². The molecule has 3 N–H and O–H groups in total. The van der Waals surface area contributed by atoms with Crippen LogP contribution < -0.4 is 10.5 Å². The number of rotatable bonds is 6. The van der Waals surface area contributed by atoms with Gasteiger partial charge in [0.15, 0.2) is 0 Å². The minimum Gasteiger partial charge on any atom is -0.352 e. The SMILES string of the molecule is NS(=O)(=O)c1ccc(CNC(=O)Cc2csc(-c3ccccc3Cl)n2)cc1. The largest absolute Gasteiger partial charge is 0.352 e. The van der Waals surface area contributed by atoms with Crippen molar-refractivity contribution < 1.29 is 13.2 Å². The highest BCUT2D eigenvalue weighted by molar-refractivity contribution is 7.89. The fourth-order valence-corrected chi connectivity index (χ4v) is 4.03. The molecule has 0 bridgehead atoms. The second-order valence-electron chi connectivity index (χ2n) is 5.77. The van der Waals surface area contributed by atoms with Crippen molar-refractivity contribution in [2.24, 2.45) is 5.14 Å². The molecule has 0 fully saturated rings. The van der Waals surface area contributed by atoms with E-state index in [1.54, 1.807) is 18.2 Å². The number of hydrogen-bond donors (Lipinski definition) is 2. The summed E-state index contributed by atoms with van der Waals surface area (Å²) in [6.07, 6.45) is 0.149. The number of carbonyl (C=O) groups is 1. The lowest BCUT2D eigenvalue weighted by Crippen LogP contribution is -2.24. The molecular weight excluding hydrogens is 406 g/mol. The van der Waals surface area contributed by atoms with E-state index in [0.29, 0.717) is 10.7 Å². The molecule has 3 rings (SSSR count). The van der Waals surface area contributed by atoms with Crippen LogP contribution in [0.25, 0.3) is 10.6 Å². The number of hydrogen-bond acceptors (Lipinski definition) is 5. The molecule has 3 aromatic rings. The maximum Gasteiger partial charge on any atom is 0.238 e. The molecule has 0 unspecified atom stereocenters. The van der Waals surface area contributed by atoms with Gasteiger partial charge in [-0.25, -0.2) is 18.5 Å². The summed E-state index contributed by atoms with van der Waals surface area (Å²) in [5, 5.41) is 11.1. The van der Waals surface area contributed by atoms with Crippen LogP contribution >= 0.6 is 22.9 Å². The Morgan fingerprint density at radius 3 is 2.52 bits per heavy atom. The van der Waals surface area contributed by atoms with Gasteiger partial charge in [0.1, 0.15) is 5.01 Å². The first-order valence-corrected chi connectivity index (χ1v) is 10.7. The van der Waals surface area contributed by atoms with E-state index in [9.17, 15) is 13.2 Å². The molecule has 0 aliphatic heterocycles. The molecule has 0 atom stereocenters. The minimum atomic E-state index is -3.72. The smallest absolute Gasteiger partial charge is 0.238 e. The molecule has 1 aromatic heterocycles. The van der Waals surface area contributed by atoms with Crippen molar-refractivity contribution in [3.05, 3.63) is 70.2 Å². The summed E-state index contributed by atoms with van der Waals surface area (Å²) in [6.45, 7) is 0.283. The van der Waals surface area contributed by atoms with Gasteiger partial charge >= 0.3 is 0 Å². The van der Waals surface area contributed by atoms with Gasteiger partial charge in [0.05, 0.1) is 22.0 Å². The number of thiazole rings is 1. The van der Waals surface area contributed by atoms with E-state index in [1.807, 2.05) is 23.6 Å². The van der Waals surface area contributed by atoms with Crippen LogP contribution in [0.2, 0.25) is 5.02 Å². The Morgan fingerprint density at radius 2 is 1.85 bits per heavy atom. The number of aromatic nitrogens is 1. The molecule has 0 saturated carbocycles. The maximum atomic E-state index is 12.1. The van der Waals surface area contributed by atoms with Gasteiger partial charge in [0.2, 0.25) is 15.9 Å². The number of sulfonamides is 1. The highest BCUT2D eigenvalue weighted by Gasteiger charge is 2.11. The number of amides is 1. The summed E-state index contributed by atoms with van der Waals surface area (Å²) in [6, 6.07) is 13.5.